The summed E-state index contributed by atoms with van der Waals surface area (Å²) in [6, 6.07) is 11.4. The zero-order valence-electron chi connectivity index (χ0n) is 11.0. The lowest BCUT2D eigenvalue weighted by Crippen LogP contribution is -2.49. The van der Waals surface area contributed by atoms with Gasteiger partial charge in [0.05, 0.1) is 0 Å². The van der Waals surface area contributed by atoms with Gasteiger partial charge in [-0.2, -0.15) is 0 Å². The minimum absolute atomic E-state index is 0.652. The molecule has 1 heterocycles. The molecule has 0 aromatic heterocycles. The first-order valence-electron chi connectivity index (χ1n) is 6.83. The van der Waals surface area contributed by atoms with Crippen LogP contribution in [-0.4, -0.2) is 25.7 Å². The smallest absolute Gasteiger partial charge is 0.0366 e. The van der Waals surface area contributed by atoms with E-state index < -0.39 is 0 Å². The molecule has 1 aromatic carbocycles. The van der Waals surface area contributed by atoms with Gasteiger partial charge in [-0.1, -0.05) is 32.0 Å². The number of hydrogen-bond acceptors (Lipinski definition) is 2. The van der Waals surface area contributed by atoms with Crippen LogP contribution < -0.4 is 10.2 Å². The van der Waals surface area contributed by atoms with Gasteiger partial charge in [-0.15, -0.1) is 0 Å². The first-order chi connectivity index (χ1) is 8.29. The van der Waals surface area contributed by atoms with Gasteiger partial charge in [0.1, 0.15) is 0 Å². The molecule has 1 aliphatic rings. The van der Waals surface area contributed by atoms with E-state index in [1.807, 2.05) is 0 Å². The molecule has 0 aliphatic carbocycles. The monoisotopic (exact) mass is 232 g/mol. The fourth-order valence-electron chi connectivity index (χ4n) is 2.70. The van der Waals surface area contributed by atoms with Gasteiger partial charge < -0.3 is 10.2 Å². The highest BCUT2D eigenvalue weighted by molar-refractivity contribution is 5.46. The van der Waals surface area contributed by atoms with Gasteiger partial charge in [-0.3, -0.25) is 0 Å². The largest absolute Gasteiger partial charge is 0.370 e. The second-order valence-electron chi connectivity index (χ2n) is 5.23. The molecule has 2 unspecified atom stereocenters. The molecular formula is C15H24N2. The van der Waals surface area contributed by atoms with Crippen LogP contribution in [0.3, 0.4) is 0 Å². The summed E-state index contributed by atoms with van der Waals surface area (Å²) in [7, 11) is 0. The molecule has 0 amide bonds. The van der Waals surface area contributed by atoms with Crippen LogP contribution in [-0.2, 0) is 0 Å². The van der Waals surface area contributed by atoms with Crippen LogP contribution in [0, 0.1) is 5.92 Å². The number of rotatable bonds is 4. The Balaban J connectivity index is 1.98. The van der Waals surface area contributed by atoms with Crippen molar-refractivity contribution in [2.24, 2.45) is 5.92 Å². The highest BCUT2D eigenvalue weighted by Crippen LogP contribution is 2.22. The summed E-state index contributed by atoms with van der Waals surface area (Å²) < 4.78 is 0. The Labute approximate surface area is 105 Å². The Morgan fingerprint density at radius 3 is 2.71 bits per heavy atom. The van der Waals surface area contributed by atoms with Crippen molar-refractivity contribution in [3.05, 3.63) is 30.3 Å². The average Bonchev–Trinajstić information content (AvgIpc) is 2.37. The third kappa shape index (κ3) is 3.47. The Morgan fingerprint density at radius 1 is 1.24 bits per heavy atom. The van der Waals surface area contributed by atoms with E-state index in [2.05, 4.69) is 54.4 Å². The van der Waals surface area contributed by atoms with Crippen LogP contribution in [0.4, 0.5) is 5.69 Å². The quantitative estimate of drug-likeness (QED) is 0.858. The van der Waals surface area contributed by atoms with Crippen LogP contribution in [0.5, 0.6) is 0 Å². The van der Waals surface area contributed by atoms with E-state index in [1.165, 1.54) is 25.1 Å². The first-order valence-corrected chi connectivity index (χ1v) is 6.83. The molecule has 94 valence electrons. The number of nitrogens with zero attached hydrogens (tertiary/aromatic N) is 1. The third-order valence-corrected chi connectivity index (χ3v) is 3.46. The summed E-state index contributed by atoms with van der Waals surface area (Å²) in [6.45, 7) is 8.06. The number of benzene rings is 1. The van der Waals surface area contributed by atoms with Gasteiger partial charge in [-0.25, -0.2) is 0 Å². The van der Waals surface area contributed by atoms with E-state index >= 15 is 0 Å². The number of anilines is 1. The molecule has 0 bridgehead atoms. The summed E-state index contributed by atoms with van der Waals surface area (Å²) >= 11 is 0. The van der Waals surface area contributed by atoms with Crippen molar-refractivity contribution >= 4 is 5.69 Å². The van der Waals surface area contributed by atoms with Crippen molar-refractivity contribution in [2.45, 2.75) is 32.7 Å². The van der Waals surface area contributed by atoms with Crippen molar-refractivity contribution in [1.82, 2.24) is 5.32 Å². The third-order valence-electron chi connectivity index (χ3n) is 3.46. The SMILES string of the molecule is CCCNC1CC(C)CN(c2ccccc2)C1. The van der Waals surface area contributed by atoms with Gasteiger partial charge in [0, 0.05) is 24.8 Å². The van der Waals surface area contributed by atoms with Gasteiger partial charge >= 0.3 is 0 Å². The Morgan fingerprint density at radius 2 is 2.00 bits per heavy atom. The van der Waals surface area contributed by atoms with E-state index in [0.717, 1.165) is 19.0 Å². The number of para-hydroxylation sites is 1. The Bertz CT molecular complexity index is 323. The van der Waals surface area contributed by atoms with Crippen molar-refractivity contribution < 1.29 is 0 Å². The van der Waals surface area contributed by atoms with E-state index in [1.54, 1.807) is 0 Å². The minimum atomic E-state index is 0.652. The lowest BCUT2D eigenvalue weighted by atomic mass is 9.95. The van der Waals surface area contributed by atoms with E-state index in [-0.39, 0.29) is 0 Å². The molecule has 17 heavy (non-hydrogen) atoms. The second-order valence-corrected chi connectivity index (χ2v) is 5.23. The standard InChI is InChI=1S/C15H24N2/c1-3-9-16-14-10-13(2)11-17(12-14)15-7-5-4-6-8-15/h4-8,13-14,16H,3,9-12H2,1-2H3. The highest BCUT2D eigenvalue weighted by atomic mass is 15.2. The van der Waals surface area contributed by atoms with E-state index in [9.17, 15) is 0 Å². The average molecular weight is 232 g/mol. The zero-order valence-corrected chi connectivity index (χ0v) is 11.0. The van der Waals surface area contributed by atoms with Gasteiger partial charge in [0.2, 0.25) is 0 Å². The molecule has 2 rings (SSSR count). The second kappa shape index (κ2) is 6.06. The summed E-state index contributed by atoms with van der Waals surface area (Å²) in [6.07, 6.45) is 2.53. The normalized spacial score (nSPS) is 24.9. The van der Waals surface area contributed by atoms with Crippen LogP contribution in [0.2, 0.25) is 0 Å². The molecule has 1 fully saturated rings. The highest BCUT2D eigenvalue weighted by Gasteiger charge is 2.24. The zero-order chi connectivity index (χ0) is 12.1. The van der Waals surface area contributed by atoms with E-state index in [4.69, 9.17) is 0 Å². The maximum atomic E-state index is 3.66. The fraction of sp³-hybridized carbons (Fsp3) is 0.600. The Kier molecular flexibility index (Phi) is 4.43. The summed E-state index contributed by atoms with van der Waals surface area (Å²) in [5.74, 6) is 0.776. The topological polar surface area (TPSA) is 15.3 Å². The van der Waals surface area contributed by atoms with Crippen molar-refractivity contribution in [3.63, 3.8) is 0 Å². The molecule has 2 nitrogen and oxygen atoms in total. The molecule has 1 N–H and O–H groups in total. The molecular weight excluding hydrogens is 208 g/mol. The lowest BCUT2D eigenvalue weighted by molar-refractivity contribution is 0.351. The summed E-state index contributed by atoms with van der Waals surface area (Å²) in [5.41, 5.74) is 1.36. The van der Waals surface area contributed by atoms with Gasteiger partial charge in [-0.05, 0) is 37.4 Å². The fourth-order valence-corrected chi connectivity index (χ4v) is 2.70. The van der Waals surface area contributed by atoms with Crippen LogP contribution in [0.25, 0.3) is 0 Å². The van der Waals surface area contributed by atoms with Crippen molar-refractivity contribution in [1.29, 1.82) is 0 Å². The molecule has 0 radical (unpaired) electrons. The molecule has 1 saturated heterocycles. The van der Waals surface area contributed by atoms with Crippen molar-refractivity contribution in [3.8, 4) is 0 Å². The van der Waals surface area contributed by atoms with Crippen LogP contribution in [0.15, 0.2) is 30.3 Å². The first kappa shape index (κ1) is 12.4. The predicted molar refractivity (Wildman–Crippen MR) is 74.5 cm³/mol. The predicted octanol–water partition coefficient (Wildman–Crippen LogP) is 2.90. The molecule has 2 atom stereocenters. The van der Waals surface area contributed by atoms with Crippen molar-refractivity contribution in [2.75, 3.05) is 24.5 Å². The summed E-state index contributed by atoms with van der Waals surface area (Å²) in [5, 5.41) is 3.66. The Hall–Kier alpha value is -1.02. The number of hydrogen-bond donors (Lipinski definition) is 1. The molecule has 1 aromatic rings. The minimum Gasteiger partial charge on any atom is -0.370 e. The molecule has 1 aliphatic heterocycles. The van der Waals surface area contributed by atoms with E-state index in [0.29, 0.717) is 6.04 Å². The van der Waals surface area contributed by atoms with Gasteiger partial charge in [0.25, 0.3) is 0 Å². The van der Waals surface area contributed by atoms with Gasteiger partial charge in [0.15, 0.2) is 0 Å². The van der Waals surface area contributed by atoms with Crippen LogP contribution >= 0.6 is 0 Å². The summed E-state index contributed by atoms with van der Waals surface area (Å²) in [4.78, 5) is 2.52. The maximum absolute atomic E-state index is 3.66. The lowest BCUT2D eigenvalue weighted by Gasteiger charge is -2.38. The number of piperidine rings is 1. The van der Waals surface area contributed by atoms with Crippen LogP contribution in [0.1, 0.15) is 26.7 Å². The molecule has 2 heteroatoms. The maximum Gasteiger partial charge on any atom is 0.0366 e. The number of nitrogens with one attached hydrogen (secondary N) is 1. The molecule has 0 spiro atoms. The molecule has 0 saturated carbocycles.